The van der Waals surface area contributed by atoms with E-state index >= 15 is 0 Å². The van der Waals surface area contributed by atoms with E-state index in [-0.39, 0.29) is 17.7 Å². The van der Waals surface area contributed by atoms with Gasteiger partial charge in [0.2, 0.25) is 0 Å². The predicted molar refractivity (Wildman–Crippen MR) is 385 cm³/mol. The van der Waals surface area contributed by atoms with Gasteiger partial charge in [0.05, 0.1) is 11.2 Å². The first-order chi connectivity index (χ1) is 43.6. The topological polar surface area (TPSA) is 9.72 Å². The van der Waals surface area contributed by atoms with Crippen molar-refractivity contribution in [2.75, 3.05) is 14.7 Å². The predicted octanol–water partition coefficient (Wildman–Crippen LogP) is 13.2. The molecule has 0 amide bonds. The maximum absolute atomic E-state index is 2.90. The van der Waals surface area contributed by atoms with Crippen LogP contribution in [0.4, 0.5) is 45.5 Å². The first-order valence-corrected chi connectivity index (χ1v) is 36.1. The maximum Gasteiger partial charge on any atom is 0.252 e. The summed E-state index contributed by atoms with van der Waals surface area (Å²) < 4.78 is 0. The van der Waals surface area contributed by atoms with Crippen LogP contribution in [-0.2, 0) is 5.41 Å². The van der Waals surface area contributed by atoms with E-state index in [9.17, 15) is 0 Å². The van der Waals surface area contributed by atoms with Crippen molar-refractivity contribution in [2.45, 2.75) is 71.3 Å². The van der Waals surface area contributed by atoms with Crippen LogP contribution in [0.1, 0.15) is 61.8 Å². The van der Waals surface area contributed by atoms with Gasteiger partial charge in [-0.15, -0.1) is 0 Å². The van der Waals surface area contributed by atoms with E-state index in [4.69, 9.17) is 0 Å². The molecule has 430 valence electrons. The number of fused-ring (bicyclic) bond motifs is 7. The zero-order valence-electron chi connectivity index (χ0n) is 51.5. The molecule has 3 nitrogen and oxygen atoms in total. The van der Waals surface area contributed by atoms with Crippen LogP contribution in [-0.4, -0.2) is 28.4 Å². The second-order valence-corrected chi connectivity index (χ2v) is 33.7. The molecule has 4 aliphatic rings. The Bertz CT molecular complexity index is 4240. The standard InChI is InChI=1S/C83H72BN3Si2/c1-59-38-41-64(42-39-59)86-77-51-40-60(2)55-75(77)84-76-56-61(3)54-74-81(76)87(83(5)53-25-24-52-82(74,83)4)79-58-65(57-78(86)80(79)84)85(62-43-47-72(48-44-62)88(66-26-12-6-13-27-66,67-28-14-7-15-29-67)68-30-16-8-17-31-68)63-45-49-73(50-46-63)89(69-32-18-9-19-33-69,70-34-20-10-21-35-70)71-36-22-11-23-37-71/h6-23,26-51,54-58H,24-25,52-53H2,1-5H3. The summed E-state index contributed by atoms with van der Waals surface area (Å²) in [6.45, 7) is 12.1. The molecule has 6 heteroatoms. The van der Waals surface area contributed by atoms with E-state index in [2.05, 4.69) is 347 Å². The number of rotatable bonds is 12. The van der Waals surface area contributed by atoms with Gasteiger partial charge in [-0.1, -0.05) is 279 Å². The van der Waals surface area contributed by atoms with Crippen LogP contribution < -0.4 is 72.6 Å². The van der Waals surface area contributed by atoms with Crippen molar-refractivity contribution < 1.29 is 0 Å². The van der Waals surface area contributed by atoms with Gasteiger partial charge in [-0.05, 0) is 159 Å². The molecule has 16 rings (SSSR count). The van der Waals surface area contributed by atoms with Crippen LogP contribution in [0.2, 0.25) is 0 Å². The molecule has 2 atom stereocenters. The SMILES string of the molecule is Cc1ccc(N2c3ccc(C)cc3B3c4cc(C)cc5c4N(c4cc(N(c6ccc([Si](c7ccccc7)(c7ccccc7)c7ccccc7)cc6)c6ccc([Si](c7ccccc7)(c7ccccc7)c7ccccc7)cc6)cc2c43)C2(C)CCCCC52C)cc1. The highest BCUT2D eigenvalue weighted by atomic mass is 28.3. The summed E-state index contributed by atoms with van der Waals surface area (Å²) in [4.78, 5) is 8.10. The second kappa shape index (κ2) is 21.4. The van der Waals surface area contributed by atoms with Gasteiger partial charge in [0.1, 0.15) is 0 Å². The number of anilines is 8. The minimum absolute atomic E-state index is 0.0361. The van der Waals surface area contributed by atoms with Crippen molar-refractivity contribution >= 4 is 126 Å². The molecule has 0 spiro atoms. The van der Waals surface area contributed by atoms with Crippen molar-refractivity contribution in [3.63, 3.8) is 0 Å². The van der Waals surface area contributed by atoms with Crippen molar-refractivity contribution in [2.24, 2.45) is 0 Å². The number of benzene rings is 12. The van der Waals surface area contributed by atoms with E-state index in [1.54, 1.807) is 0 Å². The molecule has 2 unspecified atom stereocenters. The van der Waals surface area contributed by atoms with Crippen molar-refractivity contribution in [3.05, 3.63) is 320 Å². The quantitative estimate of drug-likeness (QED) is 0.0892. The molecule has 1 aliphatic carbocycles. The minimum Gasteiger partial charge on any atom is -0.335 e. The van der Waals surface area contributed by atoms with E-state index in [1.807, 2.05) is 0 Å². The molecule has 3 heterocycles. The minimum atomic E-state index is -2.87. The highest BCUT2D eigenvalue weighted by Crippen LogP contribution is 2.62. The molecular formula is C83H72BN3Si2. The Morgan fingerprint density at radius 1 is 0.360 bits per heavy atom. The zero-order chi connectivity index (χ0) is 60.1. The highest BCUT2D eigenvalue weighted by Gasteiger charge is 2.61. The third-order valence-electron chi connectivity index (χ3n) is 21.2. The van der Waals surface area contributed by atoms with Gasteiger partial charge in [-0.25, -0.2) is 0 Å². The van der Waals surface area contributed by atoms with Gasteiger partial charge in [0, 0.05) is 45.2 Å². The summed E-state index contributed by atoms with van der Waals surface area (Å²) in [7, 11) is -5.74. The number of hydrogen-bond acceptors (Lipinski definition) is 3. The first-order valence-electron chi connectivity index (χ1n) is 32.1. The van der Waals surface area contributed by atoms with E-state index in [1.165, 1.54) is 116 Å². The Morgan fingerprint density at radius 2 is 0.764 bits per heavy atom. The zero-order valence-corrected chi connectivity index (χ0v) is 53.5. The number of nitrogens with zero attached hydrogens (tertiary/aromatic N) is 3. The first kappa shape index (κ1) is 54.9. The summed E-state index contributed by atoms with van der Waals surface area (Å²) >= 11 is 0. The third kappa shape index (κ3) is 8.29. The molecule has 1 saturated carbocycles. The monoisotopic (exact) mass is 1180 g/mol. The largest absolute Gasteiger partial charge is 0.335 e. The van der Waals surface area contributed by atoms with Crippen LogP contribution >= 0.6 is 0 Å². The van der Waals surface area contributed by atoms with E-state index in [0.29, 0.717) is 0 Å². The Balaban J connectivity index is 0.983. The van der Waals surface area contributed by atoms with E-state index < -0.39 is 16.1 Å². The average Bonchev–Trinajstić information content (AvgIpc) is 1.55. The van der Waals surface area contributed by atoms with Crippen molar-refractivity contribution in [1.82, 2.24) is 0 Å². The molecule has 0 radical (unpaired) electrons. The molecule has 0 aromatic heterocycles. The van der Waals surface area contributed by atoms with Gasteiger partial charge in [-0.3, -0.25) is 0 Å². The molecule has 0 N–H and O–H groups in total. The molecule has 3 aliphatic heterocycles. The average molecular weight is 1180 g/mol. The summed E-state index contributed by atoms with van der Waals surface area (Å²) in [5, 5.41) is 10.8. The van der Waals surface area contributed by atoms with Crippen molar-refractivity contribution in [1.29, 1.82) is 0 Å². The van der Waals surface area contributed by atoms with Crippen molar-refractivity contribution in [3.8, 4) is 0 Å². The summed E-state index contributed by atoms with van der Waals surface area (Å²) in [6, 6.07) is 114. The van der Waals surface area contributed by atoms with Gasteiger partial charge < -0.3 is 14.7 Å². The molecule has 0 saturated heterocycles. The third-order valence-corrected chi connectivity index (χ3v) is 30.8. The summed E-state index contributed by atoms with van der Waals surface area (Å²) in [5.74, 6) is 0. The smallest absolute Gasteiger partial charge is 0.252 e. The lowest BCUT2D eigenvalue weighted by Crippen LogP contribution is -2.74. The summed E-state index contributed by atoms with van der Waals surface area (Å²) in [6.07, 6.45) is 4.73. The normalized spacial score (nSPS) is 17.1. The maximum atomic E-state index is 2.90. The van der Waals surface area contributed by atoms with E-state index in [0.717, 1.165) is 35.6 Å². The van der Waals surface area contributed by atoms with Gasteiger partial charge in [0.25, 0.3) is 6.71 Å². The molecule has 1 fully saturated rings. The molecule has 0 bridgehead atoms. The fourth-order valence-corrected chi connectivity index (χ4v) is 26.5. The van der Waals surface area contributed by atoms with Crippen LogP contribution in [0.25, 0.3) is 0 Å². The van der Waals surface area contributed by atoms with Crippen LogP contribution in [0.15, 0.2) is 297 Å². The molecule has 12 aromatic carbocycles. The summed E-state index contributed by atoms with van der Waals surface area (Å²) in [5.41, 5.74) is 19.2. The highest BCUT2D eigenvalue weighted by molar-refractivity contribution is 7.20. The van der Waals surface area contributed by atoms with Crippen LogP contribution in [0.5, 0.6) is 0 Å². The lowest BCUT2D eigenvalue weighted by atomic mass is 9.33. The lowest BCUT2D eigenvalue weighted by Gasteiger charge is -2.53. The Hall–Kier alpha value is -9.46. The lowest BCUT2D eigenvalue weighted by molar-refractivity contribution is 0.195. The molecule has 89 heavy (non-hydrogen) atoms. The Labute approximate surface area is 528 Å². The van der Waals surface area contributed by atoms with Gasteiger partial charge in [0.15, 0.2) is 16.1 Å². The Morgan fingerprint density at radius 3 is 1.22 bits per heavy atom. The van der Waals surface area contributed by atoms with Gasteiger partial charge in [-0.2, -0.15) is 0 Å². The second-order valence-electron chi connectivity index (χ2n) is 26.1. The van der Waals surface area contributed by atoms with Crippen LogP contribution in [0.3, 0.4) is 0 Å². The Kier molecular flexibility index (Phi) is 13.2. The van der Waals surface area contributed by atoms with Crippen LogP contribution in [0, 0.1) is 20.8 Å². The molecule has 12 aromatic rings. The molecular weight excluding hydrogens is 1110 g/mol. The number of hydrogen-bond donors (Lipinski definition) is 0. The van der Waals surface area contributed by atoms with Gasteiger partial charge >= 0.3 is 0 Å². The fourth-order valence-electron chi connectivity index (χ4n) is 17.0. The fraction of sp³-hybridized carbons (Fsp3) is 0.133. The number of aryl methyl sites for hydroxylation is 3.